The first-order valence-corrected chi connectivity index (χ1v) is 9.71. The van der Waals surface area contributed by atoms with Crippen molar-refractivity contribution < 1.29 is 23.7 Å². The Morgan fingerprint density at radius 2 is 1.93 bits per heavy atom. The van der Waals surface area contributed by atoms with Gasteiger partial charge in [-0.1, -0.05) is 12.1 Å². The first-order valence-electron chi connectivity index (χ1n) is 9.71. The Balaban J connectivity index is 2.07. The fourth-order valence-corrected chi connectivity index (χ4v) is 3.25. The van der Waals surface area contributed by atoms with Gasteiger partial charge in [-0.15, -0.1) is 0 Å². The van der Waals surface area contributed by atoms with Crippen molar-refractivity contribution in [1.29, 1.82) is 0 Å². The van der Waals surface area contributed by atoms with Crippen LogP contribution < -0.4 is 9.47 Å². The number of rotatable bonds is 9. The smallest absolute Gasteiger partial charge is 0.355 e. The summed E-state index contributed by atoms with van der Waals surface area (Å²) in [5.41, 5.74) is 4.42. The van der Waals surface area contributed by atoms with Crippen molar-refractivity contribution in [2.75, 3.05) is 34.0 Å². The molecule has 3 aromatic rings. The van der Waals surface area contributed by atoms with E-state index in [9.17, 15) is 4.79 Å². The zero-order valence-electron chi connectivity index (χ0n) is 17.7. The third kappa shape index (κ3) is 4.46. The number of esters is 1. The number of hydrogen-bond donors (Lipinski definition) is 1. The topological polar surface area (TPSA) is 82.7 Å². The SMILES string of the molecule is CCOC(=O)c1[nH]cc(-c2cccc(OC)c2C)c1-c1ccc(OCCOC)cn1. The molecule has 1 N–H and O–H groups in total. The molecule has 0 unspecified atom stereocenters. The number of carbonyl (C=O) groups excluding carboxylic acids is 1. The zero-order valence-corrected chi connectivity index (χ0v) is 17.7. The second-order valence-corrected chi connectivity index (χ2v) is 6.53. The maximum Gasteiger partial charge on any atom is 0.355 e. The van der Waals surface area contributed by atoms with Gasteiger partial charge < -0.3 is 23.9 Å². The van der Waals surface area contributed by atoms with Gasteiger partial charge in [-0.05, 0) is 43.2 Å². The predicted molar refractivity (Wildman–Crippen MR) is 114 cm³/mol. The molecule has 7 heteroatoms. The van der Waals surface area contributed by atoms with E-state index in [1.54, 1.807) is 33.5 Å². The molecule has 2 aromatic heterocycles. The predicted octanol–water partition coefficient (Wildman–Crippen LogP) is 4.26. The van der Waals surface area contributed by atoms with Crippen molar-refractivity contribution in [2.24, 2.45) is 0 Å². The van der Waals surface area contributed by atoms with Crippen molar-refractivity contribution in [3.05, 3.63) is 54.0 Å². The van der Waals surface area contributed by atoms with Gasteiger partial charge in [0.1, 0.15) is 23.8 Å². The summed E-state index contributed by atoms with van der Waals surface area (Å²) in [6.07, 6.45) is 3.43. The van der Waals surface area contributed by atoms with Crippen molar-refractivity contribution in [1.82, 2.24) is 9.97 Å². The van der Waals surface area contributed by atoms with E-state index in [0.717, 1.165) is 22.4 Å². The molecule has 0 atom stereocenters. The Labute approximate surface area is 176 Å². The molecule has 2 heterocycles. The Hall–Kier alpha value is -3.32. The summed E-state index contributed by atoms with van der Waals surface area (Å²) < 4.78 is 21.3. The monoisotopic (exact) mass is 410 g/mol. The lowest BCUT2D eigenvalue weighted by Crippen LogP contribution is -2.07. The molecule has 0 bridgehead atoms. The van der Waals surface area contributed by atoms with Gasteiger partial charge >= 0.3 is 5.97 Å². The van der Waals surface area contributed by atoms with E-state index in [2.05, 4.69) is 9.97 Å². The number of hydrogen-bond acceptors (Lipinski definition) is 6. The number of carbonyl (C=O) groups is 1. The standard InChI is InChI=1S/C23H26N2O5/c1-5-29-23(26)22-21(19-10-9-16(13-24-19)30-12-11-27-3)18(14-25-22)17-7-6-8-20(28-4)15(17)2/h6-10,13-14,25H,5,11-12H2,1-4H3. The average molecular weight is 410 g/mol. The Morgan fingerprint density at radius 1 is 1.10 bits per heavy atom. The fraction of sp³-hybridized carbons (Fsp3) is 0.304. The van der Waals surface area contributed by atoms with Crippen molar-refractivity contribution in [3.63, 3.8) is 0 Å². The van der Waals surface area contributed by atoms with Crippen LogP contribution in [0.3, 0.4) is 0 Å². The molecule has 7 nitrogen and oxygen atoms in total. The van der Waals surface area contributed by atoms with Gasteiger partial charge in [-0.25, -0.2) is 4.79 Å². The van der Waals surface area contributed by atoms with Crippen molar-refractivity contribution in [3.8, 4) is 33.9 Å². The molecule has 0 saturated carbocycles. The number of aromatic nitrogens is 2. The maximum absolute atomic E-state index is 12.6. The second kappa shape index (κ2) is 9.93. The van der Waals surface area contributed by atoms with Crippen LogP contribution in [0.5, 0.6) is 11.5 Å². The van der Waals surface area contributed by atoms with Gasteiger partial charge in [0.2, 0.25) is 0 Å². The lowest BCUT2D eigenvalue weighted by atomic mass is 9.96. The molecule has 3 rings (SSSR count). The average Bonchev–Trinajstić information content (AvgIpc) is 3.20. The second-order valence-electron chi connectivity index (χ2n) is 6.53. The van der Waals surface area contributed by atoms with Crippen LogP contribution >= 0.6 is 0 Å². The van der Waals surface area contributed by atoms with E-state index in [0.29, 0.717) is 35.9 Å². The summed E-state index contributed by atoms with van der Waals surface area (Å²) in [6, 6.07) is 9.46. The van der Waals surface area contributed by atoms with Crippen LogP contribution in [0.15, 0.2) is 42.7 Å². The molecule has 0 aliphatic heterocycles. The third-order valence-electron chi connectivity index (χ3n) is 4.70. The number of pyridine rings is 1. The minimum Gasteiger partial charge on any atom is -0.496 e. The minimum atomic E-state index is -0.429. The number of aromatic amines is 1. The summed E-state index contributed by atoms with van der Waals surface area (Å²) in [6.45, 7) is 4.97. The highest BCUT2D eigenvalue weighted by Crippen LogP contribution is 2.38. The number of benzene rings is 1. The van der Waals surface area contributed by atoms with Crippen LogP contribution in [0.4, 0.5) is 0 Å². The largest absolute Gasteiger partial charge is 0.496 e. The molecule has 0 spiro atoms. The molecule has 0 aliphatic rings. The summed E-state index contributed by atoms with van der Waals surface area (Å²) in [5, 5.41) is 0. The molecular formula is C23H26N2O5. The van der Waals surface area contributed by atoms with Crippen molar-refractivity contribution >= 4 is 5.97 Å². The van der Waals surface area contributed by atoms with Gasteiger partial charge in [0.25, 0.3) is 0 Å². The van der Waals surface area contributed by atoms with Gasteiger partial charge in [0, 0.05) is 24.4 Å². The van der Waals surface area contributed by atoms with Gasteiger partial charge in [0.15, 0.2) is 0 Å². The molecule has 30 heavy (non-hydrogen) atoms. The highest BCUT2D eigenvalue weighted by Gasteiger charge is 2.23. The van der Waals surface area contributed by atoms with Gasteiger partial charge in [-0.2, -0.15) is 0 Å². The molecule has 0 amide bonds. The number of H-pyrrole nitrogens is 1. The van der Waals surface area contributed by atoms with E-state index in [1.807, 2.05) is 37.3 Å². The first kappa shape index (κ1) is 21.4. The number of nitrogens with one attached hydrogen (secondary N) is 1. The Morgan fingerprint density at radius 3 is 2.60 bits per heavy atom. The van der Waals surface area contributed by atoms with Crippen LogP contribution in [0.25, 0.3) is 22.4 Å². The quantitative estimate of drug-likeness (QED) is 0.419. The molecule has 0 aliphatic carbocycles. The lowest BCUT2D eigenvalue weighted by molar-refractivity contribution is 0.0521. The highest BCUT2D eigenvalue weighted by molar-refractivity contribution is 6.01. The van der Waals surface area contributed by atoms with E-state index in [1.165, 1.54) is 0 Å². The number of nitrogens with zero attached hydrogens (tertiary/aromatic N) is 1. The molecule has 0 radical (unpaired) electrons. The molecule has 1 aromatic carbocycles. The Bertz CT molecular complexity index is 995. The van der Waals surface area contributed by atoms with Crippen LogP contribution in [-0.4, -0.2) is 50.0 Å². The van der Waals surface area contributed by atoms with E-state index in [4.69, 9.17) is 18.9 Å². The first-order chi connectivity index (χ1) is 14.6. The van der Waals surface area contributed by atoms with Crippen LogP contribution in [0, 0.1) is 6.92 Å². The fourth-order valence-electron chi connectivity index (χ4n) is 3.25. The third-order valence-corrected chi connectivity index (χ3v) is 4.70. The van der Waals surface area contributed by atoms with Crippen LogP contribution in [-0.2, 0) is 9.47 Å². The summed E-state index contributed by atoms with van der Waals surface area (Å²) in [4.78, 5) is 20.2. The van der Waals surface area contributed by atoms with Crippen LogP contribution in [0.1, 0.15) is 23.0 Å². The molecule has 158 valence electrons. The lowest BCUT2D eigenvalue weighted by Gasteiger charge is -2.12. The normalized spacial score (nSPS) is 10.7. The maximum atomic E-state index is 12.6. The minimum absolute atomic E-state index is 0.282. The summed E-state index contributed by atoms with van der Waals surface area (Å²) in [5.74, 6) is 0.969. The van der Waals surface area contributed by atoms with Crippen LogP contribution in [0.2, 0.25) is 0 Å². The van der Waals surface area contributed by atoms with E-state index < -0.39 is 5.97 Å². The Kier molecular flexibility index (Phi) is 7.08. The highest BCUT2D eigenvalue weighted by atomic mass is 16.5. The molecule has 0 fully saturated rings. The zero-order chi connectivity index (χ0) is 21.5. The number of methoxy groups -OCH3 is 2. The van der Waals surface area contributed by atoms with Crippen molar-refractivity contribution in [2.45, 2.75) is 13.8 Å². The molecular weight excluding hydrogens is 384 g/mol. The van der Waals surface area contributed by atoms with E-state index >= 15 is 0 Å². The summed E-state index contributed by atoms with van der Waals surface area (Å²) >= 11 is 0. The number of ether oxygens (including phenoxy) is 4. The van der Waals surface area contributed by atoms with Gasteiger partial charge in [0.05, 0.1) is 32.2 Å². The molecule has 0 saturated heterocycles. The van der Waals surface area contributed by atoms with E-state index in [-0.39, 0.29) is 6.61 Å². The summed E-state index contributed by atoms with van der Waals surface area (Å²) in [7, 11) is 3.26. The van der Waals surface area contributed by atoms with Gasteiger partial charge in [-0.3, -0.25) is 4.98 Å².